The van der Waals surface area contributed by atoms with Crippen LogP contribution in [-0.4, -0.2) is 37.8 Å². The molecule has 0 fully saturated rings. The molecule has 0 saturated carbocycles. The molecule has 226 valence electrons. The molecule has 3 rings (SSSR count). The minimum Gasteiger partial charge on any atom is -0.506 e. The number of rotatable bonds is 14. The van der Waals surface area contributed by atoms with Crippen LogP contribution in [0, 0.1) is 0 Å². The molecule has 7 nitrogen and oxygen atoms in total. The van der Waals surface area contributed by atoms with Gasteiger partial charge in [-0.1, -0.05) is 81.4 Å². The van der Waals surface area contributed by atoms with Crippen molar-refractivity contribution in [3.8, 4) is 5.75 Å². The van der Waals surface area contributed by atoms with Crippen molar-refractivity contribution >= 4 is 26.3 Å². The van der Waals surface area contributed by atoms with Crippen molar-refractivity contribution in [1.82, 2.24) is 10.6 Å². The van der Waals surface area contributed by atoms with Gasteiger partial charge in [0.25, 0.3) is 0 Å². The number of phenolic OH excluding ortho intramolecular Hbond substituents is 1. The number of amides is 2. The molecule has 42 heavy (non-hydrogen) atoms. The van der Waals surface area contributed by atoms with E-state index in [9.17, 15) is 14.7 Å². The van der Waals surface area contributed by atoms with Gasteiger partial charge in [0, 0.05) is 18.6 Å². The third kappa shape index (κ3) is 9.82. The third-order valence-corrected chi connectivity index (χ3v) is 12.4. The first-order valence-electron chi connectivity index (χ1n) is 14.5. The van der Waals surface area contributed by atoms with Gasteiger partial charge in [0.2, 0.25) is 12.3 Å². The van der Waals surface area contributed by atoms with Crippen LogP contribution in [-0.2, 0) is 33.4 Å². The van der Waals surface area contributed by atoms with E-state index in [2.05, 4.69) is 75.8 Å². The summed E-state index contributed by atoms with van der Waals surface area (Å²) in [4.78, 5) is 23.7. The predicted molar refractivity (Wildman–Crippen MR) is 173 cm³/mol. The van der Waals surface area contributed by atoms with Crippen molar-refractivity contribution < 1.29 is 19.1 Å². The topological polar surface area (TPSA) is 99.7 Å². The van der Waals surface area contributed by atoms with Gasteiger partial charge < -0.3 is 25.5 Å². The number of nitrogens with one attached hydrogen (secondary N) is 3. The molecule has 0 saturated heterocycles. The SMILES string of the molecule is CC(C)(Cc1cccc(CC(=O)NCc2ccccc2)c1)NC[C@@H](O[Si](C)(C)C(C)(C)C)c1ccc(O)c(NC=O)c1. The number of aromatic hydroxyl groups is 1. The molecule has 2 amide bonds. The van der Waals surface area contributed by atoms with Crippen molar-refractivity contribution in [1.29, 1.82) is 0 Å². The molecule has 0 unspecified atom stereocenters. The molecule has 0 spiro atoms. The number of carbonyl (C=O) groups excluding carboxylic acids is 2. The zero-order valence-corrected chi connectivity index (χ0v) is 27.1. The Bertz CT molecular complexity index is 1340. The van der Waals surface area contributed by atoms with Gasteiger partial charge in [-0.15, -0.1) is 0 Å². The zero-order valence-electron chi connectivity index (χ0n) is 26.1. The number of phenols is 1. The quantitative estimate of drug-likeness (QED) is 0.0978. The summed E-state index contributed by atoms with van der Waals surface area (Å²) in [6, 6.07) is 23.3. The molecule has 3 aromatic carbocycles. The lowest BCUT2D eigenvalue weighted by molar-refractivity contribution is -0.120. The van der Waals surface area contributed by atoms with Crippen LogP contribution in [0.15, 0.2) is 72.8 Å². The highest BCUT2D eigenvalue weighted by Crippen LogP contribution is 2.40. The molecule has 0 bridgehead atoms. The third-order valence-electron chi connectivity index (χ3n) is 7.95. The Morgan fingerprint density at radius 1 is 0.929 bits per heavy atom. The van der Waals surface area contributed by atoms with Crippen LogP contribution in [0.1, 0.15) is 63.0 Å². The maximum atomic E-state index is 12.6. The van der Waals surface area contributed by atoms with Crippen LogP contribution in [0.4, 0.5) is 5.69 Å². The van der Waals surface area contributed by atoms with E-state index in [-0.39, 0.29) is 28.3 Å². The summed E-state index contributed by atoms with van der Waals surface area (Å²) in [6.45, 7) is 16.4. The Balaban J connectivity index is 1.69. The number of anilines is 1. The molecule has 0 aliphatic carbocycles. The molecule has 0 radical (unpaired) electrons. The number of benzene rings is 3. The summed E-state index contributed by atoms with van der Waals surface area (Å²) >= 11 is 0. The molecule has 0 aliphatic heterocycles. The van der Waals surface area contributed by atoms with E-state index < -0.39 is 8.32 Å². The van der Waals surface area contributed by atoms with Crippen LogP contribution in [0.25, 0.3) is 0 Å². The molecular weight excluding hydrogens is 542 g/mol. The van der Waals surface area contributed by atoms with Gasteiger partial charge in [0.05, 0.1) is 18.2 Å². The first kappa shape index (κ1) is 33.0. The Morgan fingerprint density at radius 2 is 1.60 bits per heavy atom. The highest BCUT2D eigenvalue weighted by atomic mass is 28.4. The average Bonchev–Trinajstić information content (AvgIpc) is 2.91. The van der Waals surface area contributed by atoms with Gasteiger partial charge in [-0.25, -0.2) is 0 Å². The minimum absolute atomic E-state index is 0.00338. The molecule has 0 aromatic heterocycles. The van der Waals surface area contributed by atoms with Crippen molar-refractivity contribution in [2.75, 3.05) is 11.9 Å². The molecule has 0 heterocycles. The van der Waals surface area contributed by atoms with E-state index in [0.717, 1.165) is 28.7 Å². The second kappa shape index (κ2) is 14.1. The van der Waals surface area contributed by atoms with Crippen molar-refractivity contribution in [3.05, 3.63) is 95.1 Å². The van der Waals surface area contributed by atoms with Gasteiger partial charge in [0.1, 0.15) is 5.75 Å². The van der Waals surface area contributed by atoms with Crippen LogP contribution in [0.3, 0.4) is 0 Å². The number of hydrogen-bond donors (Lipinski definition) is 4. The van der Waals surface area contributed by atoms with Crippen LogP contribution >= 0.6 is 0 Å². The second-order valence-electron chi connectivity index (χ2n) is 13.1. The summed E-state index contributed by atoms with van der Waals surface area (Å²) in [5.74, 6) is 0.00943. The van der Waals surface area contributed by atoms with E-state index in [1.807, 2.05) is 48.5 Å². The van der Waals surface area contributed by atoms with Gasteiger partial charge in [-0.05, 0) is 72.8 Å². The monoisotopic (exact) mass is 589 g/mol. The van der Waals surface area contributed by atoms with E-state index in [0.29, 0.717) is 31.6 Å². The smallest absolute Gasteiger partial charge is 0.224 e. The standard InChI is InChI=1S/C34H47N3O4Si/c1-33(2,3)42(6,7)41-31(28-16-17-30(39)29(20-28)36-24-38)23-37-34(4,5)21-27-15-11-14-26(18-27)19-32(40)35-22-25-12-9-8-10-13-25/h8-18,20,24,31,37,39H,19,21-23H2,1-7H3,(H,35,40)(H,36,38)/t31-/m1/s1. The van der Waals surface area contributed by atoms with E-state index in [4.69, 9.17) is 4.43 Å². The predicted octanol–water partition coefficient (Wildman–Crippen LogP) is 6.49. The maximum Gasteiger partial charge on any atom is 0.224 e. The summed E-state index contributed by atoms with van der Waals surface area (Å²) in [5.41, 5.74) is 4.16. The van der Waals surface area contributed by atoms with Gasteiger partial charge >= 0.3 is 0 Å². The maximum absolute atomic E-state index is 12.6. The fraction of sp³-hybridized carbons (Fsp3) is 0.412. The van der Waals surface area contributed by atoms with Gasteiger partial charge in [0.15, 0.2) is 8.32 Å². The molecule has 4 N–H and O–H groups in total. The lowest BCUT2D eigenvalue weighted by atomic mass is 9.93. The molecule has 1 atom stereocenters. The normalized spacial score (nSPS) is 12.9. The van der Waals surface area contributed by atoms with E-state index in [1.165, 1.54) is 0 Å². The van der Waals surface area contributed by atoms with Gasteiger partial charge in [-0.3, -0.25) is 9.59 Å². The van der Waals surface area contributed by atoms with Crippen molar-refractivity contribution in [2.24, 2.45) is 0 Å². The Kier molecular flexibility index (Phi) is 11.1. The second-order valence-corrected chi connectivity index (χ2v) is 17.9. The lowest BCUT2D eigenvalue weighted by Crippen LogP contribution is -2.47. The molecule has 8 heteroatoms. The lowest BCUT2D eigenvalue weighted by Gasteiger charge is -2.40. The Hall–Kier alpha value is -3.46. The minimum atomic E-state index is -2.15. The largest absolute Gasteiger partial charge is 0.506 e. The fourth-order valence-corrected chi connectivity index (χ4v) is 5.81. The Labute approximate surface area is 252 Å². The number of carbonyl (C=O) groups is 2. The fourth-order valence-electron chi connectivity index (χ4n) is 4.53. The summed E-state index contributed by atoms with van der Waals surface area (Å²) in [7, 11) is -2.15. The van der Waals surface area contributed by atoms with Crippen LogP contribution in [0.5, 0.6) is 5.75 Å². The summed E-state index contributed by atoms with van der Waals surface area (Å²) < 4.78 is 6.86. The highest BCUT2D eigenvalue weighted by molar-refractivity contribution is 6.74. The first-order chi connectivity index (χ1) is 19.7. The zero-order chi connectivity index (χ0) is 31.0. The van der Waals surface area contributed by atoms with E-state index in [1.54, 1.807) is 12.1 Å². The molecule has 3 aromatic rings. The highest BCUT2D eigenvalue weighted by Gasteiger charge is 2.39. The first-order valence-corrected chi connectivity index (χ1v) is 17.4. The van der Waals surface area contributed by atoms with Crippen molar-refractivity contribution in [3.63, 3.8) is 0 Å². The molecule has 0 aliphatic rings. The Morgan fingerprint density at radius 3 is 2.26 bits per heavy atom. The van der Waals surface area contributed by atoms with E-state index >= 15 is 0 Å². The molecular formula is C34H47N3O4Si. The summed E-state index contributed by atoms with van der Waals surface area (Å²) in [6.07, 6.45) is 1.37. The summed E-state index contributed by atoms with van der Waals surface area (Å²) in [5, 5.41) is 19.5. The van der Waals surface area contributed by atoms with Crippen molar-refractivity contribution in [2.45, 2.75) is 83.8 Å². The van der Waals surface area contributed by atoms with Gasteiger partial charge in [-0.2, -0.15) is 0 Å². The average molecular weight is 590 g/mol. The van der Waals surface area contributed by atoms with Crippen LogP contribution < -0.4 is 16.0 Å². The number of hydrogen-bond acceptors (Lipinski definition) is 5. The van der Waals surface area contributed by atoms with Crippen LogP contribution in [0.2, 0.25) is 18.1 Å².